The van der Waals surface area contributed by atoms with Crippen molar-refractivity contribution < 1.29 is 14.7 Å². The highest BCUT2D eigenvalue weighted by atomic mass is 79.9. The average molecular weight is 355 g/mol. The van der Waals surface area contributed by atoms with Gasteiger partial charge in [-0.25, -0.2) is 9.59 Å². The van der Waals surface area contributed by atoms with Crippen LogP contribution in [0.15, 0.2) is 22.7 Å². The Bertz CT molecular complexity index is 556. The Kier molecular flexibility index (Phi) is 4.88. The fraction of sp³-hybridized carbons (Fsp3) is 0.467. The van der Waals surface area contributed by atoms with Gasteiger partial charge in [-0.15, -0.1) is 0 Å². The van der Waals surface area contributed by atoms with Crippen molar-refractivity contribution in [3.8, 4) is 0 Å². The summed E-state index contributed by atoms with van der Waals surface area (Å²) in [6.45, 7) is 4.85. The summed E-state index contributed by atoms with van der Waals surface area (Å²) in [5.41, 5.74) is 0.627. The minimum atomic E-state index is -1.02. The number of carbonyl (C=O) groups excluding carboxylic acids is 1. The fourth-order valence-corrected chi connectivity index (χ4v) is 2.65. The van der Waals surface area contributed by atoms with Gasteiger partial charge in [-0.3, -0.25) is 0 Å². The normalized spacial score (nSPS) is 14.1. The molecule has 1 aromatic rings. The number of halogens is 1. The number of hydrogen-bond acceptors (Lipinski definition) is 2. The molecule has 114 valence electrons. The van der Waals surface area contributed by atoms with Crippen LogP contribution in [0.2, 0.25) is 0 Å². The lowest BCUT2D eigenvalue weighted by molar-refractivity contribution is 0.0696. The molecule has 1 aromatic carbocycles. The van der Waals surface area contributed by atoms with Crippen molar-refractivity contribution in [3.63, 3.8) is 0 Å². The third-order valence-corrected chi connectivity index (χ3v) is 3.66. The molecular formula is C15H19BrN2O3. The Labute approximate surface area is 132 Å². The summed E-state index contributed by atoms with van der Waals surface area (Å²) >= 11 is 3.26. The number of anilines is 1. The van der Waals surface area contributed by atoms with Crippen LogP contribution in [-0.4, -0.2) is 34.6 Å². The van der Waals surface area contributed by atoms with Gasteiger partial charge in [0, 0.05) is 22.7 Å². The quantitative estimate of drug-likeness (QED) is 0.844. The van der Waals surface area contributed by atoms with Crippen molar-refractivity contribution in [2.24, 2.45) is 5.92 Å². The maximum Gasteiger partial charge on any atom is 0.335 e. The predicted molar refractivity (Wildman–Crippen MR) is 84.7 cm³/mol. The van der Waals surface area contributed by atoms with Crippen LogP contribution in [0.3, 0.4) is 0 Å². The highest BCUT2D eigenvalue weighted by Gasteiger charge is 2.32. The molecule has 1 fully saturated rings. The molecular weight excluding hydrogens is 336 g/mol. The van der Waals surface area contributed by atoms with E-state index in [4.69, 9.17) is 5.11 Å². The van der Waals surface area contributed by atoms with Crippen LogP contribution in [0, 0.1) is 5.92 Å². The number of urea groups is 1. The summed E-state index contributed by atoms with van der Waals surface area (Å²) < 4.78 is 0.625. The largest absolute Gasteiger partial charge is 0.478 e. The van der Waals surface area contributed by atoms with Gasteiger partial charge < -0.3 is 15.3 Å². The molecule has 0 atom stereocenters. The smallest absolute Gasteiger partial charge is 0.335 e. The number of carbonyl (C=O) groups is 2. The highest BCUT2D eigenvalue weighted by Crippen LogP contribution is 2.28. The molecule has 2 amide bonds. The van der Waals surface area contributed by atoms with E-state index in [0.29, 0.717) is 28.7 Å². The van der Waals surface area contributed by atoms with E-state index < -0.39 is 5.97 Å². The number of rotatable bonds is 5. The van der Waals surface area contributed by atoms with Gasteiger partial charge in [-0.1, -0.05) is 29.8 Å². The number of benzene rings is 1. The average Bonchev–Trinajstić information content (AvgIpc) is 3.18. The van der Waals surface area contributed by atoms with Gasteiger partial charge in [0.1, 0.15) is 0 Å². The van der Waals surface area contributed by atoms with Crippen molar-refractivity contribution in [3.05, 3.63) is 28.2 Å². The first-order valence-corrected chi connectivity index (χ1v) is 7.77. The summed E-state index contributed by atoms with van der Waals surface area (Å²) in [4.78, 5) is 25.3. The minimum absolute atomic E-state index is 0.140. The molecule has 2 rings (SSSR count). The Morgan fingerprint density at radius 3 is 2.57 bits per heavy atom. The number of nitrogens with one attached hydrogen (secondary N) is 1. The zero-order valence-electron chi connectivity index (χ0n) is 12.1. The number of carboxylic acids is 1. The summed E-state index contributed by atoms with van der Waals surface area (Å²) in [6.07, 6.45) is 2.08. The van der Waals surface area contributed by atoms with E-state index >= 15 is 0 Å². The van der Waals surface area contributed by atoms with E-state index in [9.17, 15) is 9.59 Å². The predicted octanol–water partition coefficient (Wildman–Crippen LogP) is 3.80. The molecule has 2 N–H and O–H groups in total. The number of amides is 2. The van der Waals surface area contributed by atoms with Crippen LogP contribution in [-0.2, 0) is 0 Å². The SMILES string of the molecule is CC(C)CN(C(=O)Nc1cc(Br)cc(C(=O)O)c1)C1CC1. The Hall–Kier alpha value is -1.56. The first-order valence-electron chi connectivity index (χ1n) is 6.98. The fourth-order valence-electron chi connectivity index (χ4n) is 2.16. The third kappa shape index (κ3) is 4.46. The minimum Gasteiger partial charge on any atom is -0.478 e. The molecule has 6 heteroatoms. The molecule has 1 saturated carbocycles. The van der Waals surface area contributed by atoms with E-state index in [1.54, 1.807) is 6.07 Å². The molecule has 5 nitrogen and oxygen atoms in total. The Balaban J connectivity index is 2.12. The molecule has 0 aliphatic heterocycles. The zero-order chi connectivity index (χ0) is 15.6. The lowest BCUT2D eigenvalue weighted by Crippen LogP contribution is -2.39. The van der Waals surface area contributed by atoms with Gasteiger partial charge in [0.05, 0.1) is 5.56 Å². The molecule has 0 bridgehead atoms. The number of carboxylic acid groups (broad SMARTS) is 1. The van der Waals surface area contributed by atoms with Gasteiger partial charge in [-0.05, 0) is 37.0 Å². The van der Waals surface area contributed by atoms with Crippen LogP contribution in [0.5, 0.6) is 0 Å². The molecule has 0 saturated heterocycles. The summed E-state index contributed by atoms with van der Waals surface area (Å²) in [7, 11) is 0. The maximum absolute atomic E-state index is 12.4. The van der Waals surface area contributed by atoms with Crippen molar-refractivity contribution >= 4 is 33.6 Å². The van der Waals surface area contributed by atoms with Crippen LogP contribution >= 0.6 is 15.9 Å². The van der Waals surface area contributed by atoms with Crippen LogP contribution in [0.1, 0.15) is 37.0 Å². The topological polar surface area (TPSA) is 69.6 Å². The van der Waals surface area contributed by atoms with Crippen LogP contribution < -0.4 is 5.32 Å². The second-order valence-corrected chi connectivity index (χ2v) is 6.66. The molecule has 0 radical (unpaired) electrons. The van der Waals surface area contributed by atoms with Crippen molar-refractivity contribution in [2.45, 2.75) is 32.7 Å². The van der Waals surface area contributed by atoms with Gasteiger partial charge in [0.25, 0.3) is 0 Å². The molecule has 0 unspecified atom stereocenters. The van der Waals surface area contributed by atoms with Gasteiger partial charge in [-0.2, -0.15) is 0 Å². The van der Waals surface area contributed by atoms with Crippen LogP contribution in [0.4, 0.5) is 10.5 Å². The van der Waals surface area contributed by atoms with Crippen molar-refractivity contribution in [1.82, 2.24) is 4.90 Å². The van der Waals surface area contributed by atoms with Gasteiger partial charge >= 0.3 is 12.0 Å². The number of aromatic carboxylic acids is 1. The van der Waals surface area contributed by atoms with Gasteiger partial charge in [0.15, 0.2) is 0 Å². The van der Waals surface area contributed by atoms with Crippen LogP contribution in [0.25, 0.3) is 0 Å². The molecule has 21 heavy (non-hydrogen) atoms. The van der Waals surface area contributed by atoms with Gasteiger partial charge in [0.2, 0.25) is 0 Å². The standard InChI is InChI=1S/C15H19BrN2O3/c1-9(2)8-18(13-3-4-13)15(21)17-12-6-10(14(19)20)5-11(16)7-12/h5-7,9,13H,3-4,8H2,1-2H3,(H,17,21)(H,19,20). The lowest BCUT2D eigenvalue weighted by atomic mass is 10.2. The van der Waals surface area contributed by atoms with E-state index in [1.165, 1.54) is 12.1 Å². The van der Waals surface area contributed by atoms with E-state index in [-0.39, 0.29) is 11.6 Å². The molecule has 1 aliphatic carbocycles. The summed E-state index contributed by atoms with van der Waals surface area (Å²) in [6, 6.07) is 4.82. The molecule has 0 heterocycles. The highest BCUT2D eigenvalue weighted by molar-refractivity contribution is 9.10. The Morgan fingerprint density at radius 2 is 2.05 bits per heavy atom. The first kappa shape index (κ1) is 15.8. The second-order valence-electron chi connectivity index (χ2n) is 5.74. The number of hydrogen-bond donors (Lipinski definition) is 2. The third-order valence-electron chi connectivity index (χ3n) is 3.21. The second kappa shape index (κ2) is 6.47. The van der Waals surface area contributed by atoms with E-state index in [2.05, 4.69) is 35.1 Å². The zero-order valence-corrected chi connectivity index (χ0v) is 13.7. The summed E-state index contributed by atoms with van der Waals surface area (Å²) in [5.74, 6) is -0.624. The molecule has 0 aromatic heterocycles. The van der Waals surface area contributed by atoms with E-state index in [0.717, 1.165) is 12.8 Å². The van der Waals surface area contributed by atoms with Crippen molar-refractivity contribution in [2.75, 3.05) is 11.9 Å². The number of nitrogens with zero attached hydrogens (tertiary/aromatic N) is 1. The Morgan fingerprint density at radius 1 is 1.38 bits per heavy atom. The summed E-state index contributed by atoms with van der Waals surface area (Å²) in [5, 5.41) is 11.8. The maximum atomic E-state index is 12.4. The van der Waals surface area contributed by atoms with Crippen molar-refractivity contribution in [1.29, 1.82) is 0 Å². The monoisotopic (exact) mass is 354 g/mol. The lowest BCUT2D eigenvalue weighted by Gasteiger charge is -2.24. The molecule has 0 spiro atoms. The molecule has 1 aliphatic rings. The van der Waals surface area contributed by atoms with E-state index in [1.807, 2.05) is 4.90 Å². The first-order chi connectivity index (χ1) is 9.86.